The van der Waals surface area contributed by atoms with Gasteiger partial charge in [-0.3, -0.25) is 14.7 Å². The minimum atomic E-state index is -0.797. The van der Waals surface area contributed by atoms with Gasteiger partial charge in [-0.05, 0) is 25.1 Å². The lowest BCUT2D eigenvalue weighted by atomic mass is 10.2. The number of benzene rings is 1. The van der Waals surface area contributed by atoms with Gasteiger partial charge in [0, 0.05) is 11.9 Å². The number of carboxylic acid groups (broad SMARTS) is 1. The van der Waals surface area contributed by atoms with Crippen LogP contribution in [0.15, 0.2) is 36.4 Å². The van der Waals surface area contributed by atoms with Crippen molar-refractivity contribution in [2.45, 2.75) is 19.9 Å². The third kappa shape index (κ3) is 3.76. The largest absolute Gasteiger partial charge is 0.480 e. The molecule has 1 aromatic heterocycles. The monoisotopic (exact) mass is 258 g/mol. The Bertz CT molecular complexity index is 569. The fraction of sp³-hybridized carbons (Fsp3) is 0.333. The Balaban J connectivity index is 2.16. The summed E-state index contributed by atoms with van der Waals surface area (Å²) in [5, 5.41) is 10.0. The summed E-state index contributed by atoms with van der Waals surface area (Å²) in [5.41, 5.74) is 1.86. The molecule has 0 saturated heterocycles. The molecule has 0 fully saturated rings. The van der Waals surface area contributed by atoms with E-state index in [9.17, 15) is 4.79 Å². The van der Waals surface area contributed by atoms with E-state index in [0.717, 1.165) is 29.6 Å². The van der Waals surface area contributed by atoms with E-state index < -0.39 is 5.97 Å². The maximum atomic E-state index is 10.8. The first-order valence-corrected chi connectivity index (χ1v) is 6.48. The standard InChI is InChI=1S/C15H18N2O2/c1-2-9-17(11-15(18)19)10-13-8-7-12-5-3-4-6-14(12)16-13/h3-8H,2,9-11H2,1H3,(H,18,19). The average Bonchev–Trinajstić information content (AvgIpc) is 2.38. The number of para-hydroxylation sites is 1. The van der Waals surface area contributed by atoms with Gasteiger partial charge in [-0.15, -0.1) is 0 Å². The summed E-state index contributed by atoms with van der Waals surface area (Å²) in [6.45, 7) is 3.44. The topological polar surface area (TPSA) is 53.4 Å². The second kappa shape index (κ2) is 6.29. The molecule has 19 heavy (non-hydrogen) atoms. The van der Waals surface area contributed by atoms with Gasteiger partial charge in [0.05, 0.1) is 17.8 Å². The molecule has 1 aromatic carbocycles. The summed E-state index contributed by atoms with van der Waals surface area (Å²) in [6, 6.07) is 11.9. The molecular weight excluding hydrogens is 240 g/mol. The summed E-state index contributed by atoms with van der Waals surface area (Å²) < 4.78 is 0. The van der Waals surface area contributed by atoms with E-state index in [-0.39, 0.29) is 6.54 Å². The van der Waals surface area contributed by atoms with E-state index in [1.54, 1.807) is 0 Å². The van der Waals surface area contributed by atoms with Crippen LogP contribution in [0.5, 0.6) is 0 Å². The van der Waals surface area contributed by atoms with Crippen molar-refractivity contribution in [2.75, 3.05) is 13.1 Å². The highest BCUT2D eigenvalue weighted by Crippen LogP contribution is 2.13. The number of carboxylic acids is 1. The van der Waals surface area contributed by atoms with Crippen LogP contribution in [0.3, 0.4) is 0 Å². The molecule has 0 unspecified atom stereocenters. The van der Waals surface area contributed by atoms with Crippen molar-refractivity contribution >= 4 is 16.9 Å². The summed E-state index contributed by atoms with van der Waals surface area (Å²) >= 11 is 0. The molecule has 1 N–H and O–H groups in total. The molecule has 2 aromatic rings. The van der Waals surface area contributed by atoms with E-state index in [0.29, 0.717) is 6.54 Å². The van der Waals surface area contributed by atoms with E-state index in [4.69, 9.17) is 5.11 Å². The predicted molar refractivity (Wildman–Crippen MR) is 74.9 cm³/mol. The number of fused-ring (bicyclic) bond motifs is 1. The van der Waals surface area contributed by atoms with Gasteiger partial charge in [0.15, 0.2) is 0 Å². The Hall–Kier alpha value is -1.94. The fourth-order valence-electron chi connectivity index (χ4n) is 2.15. The van der Waals surface area contributed by atoms with E-state index in [1.165, 1.54) is 0 Å². The first-order valence-electron chi connectivity index (χ1n) is 6.48. The molecule has 100 valence electrons. The quantitative estimate of drug-likeness (QED) is 0.865. The smallest absolute Gasteiger partial charge is 0.317 e. The number of aromatic nitrogens is 1. The summed E-state index contributed by atoms with van der Waals surface area (Å²) in [6.07, 6.45) is 0.931. The normalized spacial score (nSPS) is 11.1. The number of nitrogens with zero attached hydrogens (tertiary/aromatic N) is 2. The van der Waals surface area contributed by atoms with Gasteiger partial charge >= 0.3 is 5.97 Å². The van der Waals surface area contributed by atoms with Crippen LogP contribution >= 0.6 is 0 Å². The van der Waals surface area contributed by atoms with Crippen molar-refractivity contribution in [3.63, 3.8) is 0 Å². The number of hydrogen-bond acceptors (Lipinski definition) is 3. The van der Waals surface area contributed by atoms with Crippen molar-refractivity contribution in [1.82, 2.24) is 9.88 Å². The molecule has 0 saturated carbocycles. The zero-order chi connectivity index (χ0) is 13.7. The first-order chi connectivity index (χ1) is 9.19. The lowest BCUT2D eigenvalue weighted by Crippen LogP contribution is -2.30. The van der Waals surface area contributed by atoms with Crippen LogP contribution in [0.2, 0.25) is 0 Å². The van der Waals surface area contributed by atoms with Crippen LogP contribution in [0.4, 0.5) is 0 Å². The van der Waals surface area contributed by atoms with Crippen LogP contribution in [-0.4, -0.2) is 34.0 Å². The minimum absolute atomic E-state index is 0.0579. The fourth-order valence-corrected chi connectivity index (χ4v) is 2.15. The van der Waals surface area contributed by atoms with Gasteiger partial charge in [0.2, 0.25) is 0 Å². The van der Waals surface area contributed by atoms with E-state index in [2.05, 4.69) is 4.98 Å². The molecule has 0 spiro atoms. The predicted octanol–water partition coefficient (Wildman–Crippen LogP) is 2.53. The third-order valence-corrected chi connectivity index (χ3v) is 2.94. The SMILES string of the molecule is CCCN(CC(=O)O)Cc1ccc2ccccc2n1. The number of pyridine rings is 1. The van der Waals surface area contributed by atoms with Crippen LogP contribution in [-0.2, 0) is 11.3 Å². The zero-order valence-corrected chi connectivity index (χ0v) is 11.0. The van der Waals surface area contributed by atoms with Crippen LogP contribution in [0.25, 0.3) is 10.9 Å². The van der Waals surface area contributed by atoms with E-state index >= 15 is 0 Å². The Morgan fingerprint density at radius 2 is 2.05 bits per heavy atom. The molecule has 0 bridgehead atoms. The highest BCUT2D eigenvalue weighted by atomic mass is 16.4. The van der Waals surface area contributed by atoms with Crippen molar-refractivity contribution < 1.29 is 9.90 Å². The van der Waals surface area contributed by atoms with Gasteiger partial charge in [-0.2, -0.15) is 0 Å². The Labute approximate surface area is 112 Å². The maximum Gasteiger partial charge on any atom is 0.317 e. The number of hydrogen-bond donors (Lipinski definition) is 1. The highest BCUT2D eigenvalue weighted by Gasteiger charge is 2.10. The highest BCUT2D eigenvalue weighted by molar-refractivity contribution is 5.78. The minimum Gasteiger partial charge on any atom is -0.480 e. The summed E-state index contributed by atoms with van der Waals surface area (Å²) in [5.74, 6) is -0.797. The van der Waals surface area contributed by atoms with Crippen molar-refractivity contribution in [3.8, 4) is 0 Å². The van der Waals surface area contributed by atoms with Gasteiger partial charge in [0.25, 0.3) is 0 Å². The molecule has 0 aliphatic heterocycles. The van der Waals surface area contributed by atoms with Crippen LogP contribution in [0, 0.1) is 0 Å². The van der Waals surface area contributed by atoms with E-state index in [1.807, 2.05) is 48.2 Å². The van der Waals surface area contributed by atoms with Crippen molar-refractivity contribution in [3.05, 3.63) is 42.1 Å². The van der Waals surface area contributed by atoms with Crippen LogP contribution < -0.4 is 0 Å². The molecule has 0 amide bonds. The molecule has 0 aliphatic rings. The van der Waals surface area contributed by atoms with Crippen molar-refractivity contribution in [2.24, 2.45) is 0 Å². The Kier molecular flexibility index (Phi) is 4.47. The Morgan fingerprint density at radius 1 is 1.26 bits per heavy atom. The van der Waals surface area contributed by atoms with Gasteiger partial charge in [-0.25, -0.2) is 0 Å². The second-order valence-corrected chi connectivity index (χ2v) is 4.60. The van der Waals surface area contributed by atoms with Crippen LogP contribution in [0.1, 0.15) is 19.0 Å². The molecule has 0 radical (unpaired) electrons. The van der Waals surface area contributed by atoms with Gasteiger partial charge in [0.1, 0.15) is 0 Å². The Morgan fingerprint density at radius 3 is 2.79 bits per heavy atom. The molecular formula is C15H18N2O2. The summed E-state index contributed by atoms with van der Waals surface area (Å²) in [4.78, 5) is 17.3. The number of aliphatic carboxylic acids is 1. The van der Waals surface area contributed by atoms with Gasteiger partial charge in [-0.1, -0.05) is 31.2 Å². The lowest BCUT2D eigenvalue weighted by molar-refractivity contribution is -0.138. The summed E-state index contributed by atoms with van der Waals surface area (Å²) in [7, 11) is 0. The number of carbonyl (C=O) groups is 1. The molecule has 0 aliphatic carbocycles. The van der Waals surface area contributed by atoms with Gasteiger partial charge < -0.3 is 5.11 Å². The lowest BCUT2D eigenvalue weighted by Gasteiger charge is -2.18. The molecule has 2 rings (SSSR count). The van der Waals surface area contributed by atoms with Crippen molar-refractivity contribution in [1.29, 1.82) is 0 Å². The first kappa shape index (κ1) is 13.5. The maximum absolute atomic E-state index is 10.8. The average molecular weight is 258 g/mol. The zero-order valence-electron chi connectivity index (χ0n) is 11.0. The third-order valence-electron chi connectivity index (χ3n) is 2.94. The molecule has 1 heterocycles. The molecule has 4 heteroatoms. The second-order valence-electron chi connectivity index (χ2n) is 4.60. The number of rotatable bonds is 6. The molecule has 4 nitrogen and oxygen atoms in total. The molecule has 0 atom stereocenters.